The van der Waals surface area contributed by atoms with E-state index in [0.717, 1.165) is 32.4 Å². The summed E-state index contributed by atoms with van der Waals surface area (Å²) in [6, 6.07) is 0. The molecule has 0 spiro atoms. The van der Waals surface area contributed by atoms with Crippen LogP contribution in [0.25, 0.3) is 0 Å². The van der Waals surface area contributed by atoms with Crippen LogP contribution in [0.3, 0.4) is 0 Å². The molecular weight excluding hydrogens is 252 g/mol. The lowest BCUT2D eigenvalue weighted by molar-refractivity contribution is 0.0495. The molecule has 1 aliphatic rings. The summed E-state index contributed by atoms with van der Waals surface area (Å²) in [6.45, 7) is 5.55. The van der Waals surface area contributed by atoms with E-state index >= 15 is 0 Å². The molecule has 0 aromatic heterocycles. The summed E-state index contributed by atoms with van der Waals surface area (Å²) in [6.07, 6.45) is 3.12. The van der Waals surface area contributed by atoms with E-state index in [9.17, 15) is 8.42 Å². The van der Waals surface area contributed by atoms with Crippen molar-refractivity contribution in [3.05, 3.63) is 0 Å². The van der Waals surface area contributed by atoms with Gasteiger partial charge in [-0.2, -0.15) is 0 Å². The van der Waals surface area contributed by atoms with E-state index in [1.807, 2.05) is 0 Å². The zero-order valence-corrected chi connectivity index (χ0v) is 12.3. The van der Waals surface area contributed by atoms with Gasteiger partial charge in [-0.15, -0.1) is 0 Å². The van der Waals surface area contributed by atoms with Gasteiger partial charge in [-0.05, 0) is 31.7 Å². The van der Waals surface area contributed by atoms with Crippen LogP contribution in [0.4, 0.5) is 0 Å². The molecule has 0 amide bonds. The maximum absolute atomic E-state index is 12.0. The molecule has 0 aromatic rings. The standard InChI is InChI=1S/C12H26N2O3S/c1-3-6-13-7-9-18(15,16)14(2)10-12-5-4-8-17-11-12/h12-13H,3-11H2,1-2H3. The molecule has 0 saturated carbocycles. The Morgan fingerprint density at radius 3 is 2.78 bits per heavy atom. The number of hydrogen-bond acceptors (Lipinski definition) is 4. The van der Waals surface area contributed by atoms with Crippen LogP contribution in [0.1, 0.15) is 26.2 Å². The van der Waals surface area contributed by atoms with Crippen LogP contribution in [-0.2, 0) is 14.8 Å². The minimum atomic E-state index is -3.12. The van der Waals surface area contributed by atoms with Crippen LogP contribution < -0.4 is 5.32 Å². The summed E-state index contributed by atoms with van der Waals surface area (Å²) in [7, 11) is -1.45. The number of ether oxygens (including phenoxy) is 1. The fraction of sp³-hybridized carbons (Fsp3) is 1.00. The van der Waals surface area contributed by atoms with E-state index in [-0.39, 0.29) is 5.75 Å². The second-order valence-electron chi connectivity index (χ2n) is 4.93. The van der Waals surface area contributed by atoms with Crippen LogP contribution in [0.15, 0.2) is 0 Å². The van der Waals surface area contributed by atoms with Crippen LogP contribution in [0, 0.1) is 5.92 Å². The fourth-order valence-corrected chi connectivity index (χ4v) is 3.24. The molecule has 1 fully saturated rings. The summed E-state index contributed by atoms with van der Waals surface area (Å²) in [4.78, 5) is 0. The second-order valence-corrected chi connectivity index (χ2v) is 7.13. The summed E-state index contributed by atoms with van der Waals surface area (Å²) >= 11 is 0. The Bertz CT molecular complexity index is 313. The summed E-state index contributed by atoms with van der Waals surface area (Å²) < 4.78 is 30.9. The molecule has 0 radical (unpaired) electrons. The van der Waals surface area contributed by atoms with Gasteiger partial charge < -0.3 is 10.1 Å². The van der Waals surface area contributed by atoms with E-state index in [0.29, 0.717) is 25.6 Å². The third-order valence-corrected chi connectivity index (χ3v) is 5.03. The van der Waals surface area contributed by atoms with Gasteiger partial charge in [-0.25, -0.2) is 12.7 Å². The molecule has 0 aliphatic carbocycles. The van der Waals surface area contributed by atoms with Crippen molar-refractivity contribution >= 4 is 10.0 Å². The molecule has 18 heavy (non-hydrogen) atoms. The maximum atomic E-state index is 12.0. The van der Waals surface area contributed by atoms with E-state index in [1.54, 1.807) is 7.05 Å². The number of hydrogen-bond donors (Lipinski definition) is 1. The molecule has 108 valence electrons. The van der Waals surface area contributed by atoms with Crippen LogP contribution in [0.5, 0.6) is 0 Å². The van der Waals surface area contributed by atoms with Gasteiger partial charge in [0.15, 0.2) is 0 Å². The first-order valence-electron chi connectivity index (χ1n) is 6.78. The molecule has 1 aliphatic heterocycles. The molecule has 0 bridgehead atoms. The second kappa shape index (κ2) is 8.09. The number of sulfonamides is 1. The Labute approximate surface area is 111 Å². The molecular formula is C12H26N2O3S. The normalized spacial score (nSPS) is 21.4. The Hall–Kier alpha value is -0.170. The average Bonchev–Trinajstić information content (AvgIpc) is 2.36. The number of rotatable bonds is 8. The van der Waals surface area contributed by atoms with Gasteiger partial charge in [0.25, 0.3) is 0 Å². The smallest absolute Gasteiger partial charge is 0.215 e. The number of nitrogens with zero attached hydrogens (tertiary/aromatic N) is 1. The van der Waals surface area contributed by atoms with E-state index in [4.69, 9.17) is 4.74 Å². The Morgan fingerprint density at radius 2 is 2.17 bits per heavy atom. The summed E-state index contributed by atoms with van der Waals surface area (Å²) in [5.41, 5.74) is 0. The van der Waals surface area contributed by atoms with Gasteiger partial charge in [-0.1, -0.05) is 6.92 Å². The van der Waals surface area contributed by atoms with Crippen LogP contribution in [0.2, 0.25) is 0 Å². The SMILES string of the molecule is CCCNCCS(=O)(=O)N(C)CC1CCCOC1. The van der Waals surface area contributed by atoms with Gasteiger partial charge in [0.1, 0.15) is 0 Å². The van der Waals surface area contributed by atoms with E-state index in [2.05, 4.69) is 12.2 Å². The predicted molar refractivity (Wildman–Crippen MR) is 73.1 cm³/mol. The van der Waals surface area contributed by atoms with Crippen molar-refractivity contribution in [2.24, 2.45) is 5.92 Å². The molecule has 1 unspecified atom stereocenters. The van der Waals surface area contributed by atoms with Crippen molar-refractivity contribution in [3.8, 4) is 0 Å². The molecule has 5 nitrogen and oxygen atoms in total. The maximum Gasteiger partial charge on any atom is 0.215 e. The van der Waals surface area contributed by atoms with Gasteiger partial charge in [-0.3, -0.25) is 0 Å². The third kappa shape index (κ3) is 5.65. The quantitative estimate of drug-likeness (QED) is 0.663. The minimum absolute atomic E-state index is 0.178. The van der Waals surface area contributed by atoms with E-state index in [1.165, 1.54) is 4.31 Å². The highest BCUT2D eigenvalue weighted by atomic mass is 32.2. The lowest BCUT2D eigenvalue weighted by Crippen LogP contribution is -2.38. The first kappa shape index (κ1) is 15.9. The Kier molecular flexibility index (Phi) is 7.14. The molecule has 1 saturated heterocycles. The van der Waals surface area contributed by atoms with Crippen molar-refractivity contribution in [1.82, 2.24) is 9.62 Å². The Balaban J connectivity index is 2.31. The zero-order valence-electron chi connectivity index (χ0n) is 11.5. The average molecular weight is 278 g/mol. The zero-order chi connectivity index (χ0) is 13.4. The highest BCUT2D eigenvalue weighted by Crippen LogP contribution is 2.15. The van der Waals surface area contributed by atoms with Crippen molar-refractivity contribution < 1.29 is 13.2 Å². The highest BCUT2D eigenvalue weighted by molar-refractivity contribution is 7.89. The first-order chi connectivity index (χ1) is 8.56. The molecule has 0 aromatic carbocycles. The van der Waals surface area contributed by atoms with Crippen molar-refractivity contribution in [2.75, 3.05) is 45.6 Å². The predicted octanol–water partition coefficient (Wildman–Crippen LogP) is 0.674. The monoisotopic (exact) mass is 278 g/mol. The largest absolute Gasteiger partial charge is 0.381 e. The Morgan fingerprint density at radius 1 is 1.39 bits per heavy atom. The van der Waals surface area contributed by atoms with Crippen molar-refractivity contribution in [2.45, 2.75) is 26.2 Å². The van der Waals surface area contributed by atoms with Gasteiger partial charge in [0.2, 0.25) is 10.0 Å². The lowest BCUT2D eigenvalue weighted by atomic mass is 10.0. The molecule has 1 N–H and O–H groups in total. The molecule has 1 heterocycles. The number of nitrogens with one attached hydrogen (secondary N) is 1. The summed E-state index contributed by atoms with van der Waals surface area (Å²) in [5, 5.41) is 3.12. The van der Waals surface area contributed by atoms with Crippen LogP contribution in [-0.4, -0.2) is 58.4 Å². The molecule has 1 rings (SSSR count). The van der Waals surface area contributed by atoms with Crippen molar-refractivity contribution in [3.63, 3.8) is 0 Å². The van der Waals surface area contributed by atoms with Crippen molar-refractivity contribution in [1.29, 1.82) is 0 Å². The summed E-state index contributed by atoms with van der Waals surface area (Å²) in [5.74, 6) is 0.527. The first-order valence-corrected chi connectivity index (χ1v) is 8.39. The van der Waals surface area contributed by atoms with Crippen LogP contribution >= 0.6 is 0 Å². The molecule has 6 heteroatoms. The lowest BCUT2D eigenvalue weighted by Gasteiger charge is -2.26. The molecule has 1 atom stereocenters. The fourth-order valence-electron chi connectivity index (χ4n) is 2.09. The van der Waals surface area contributed by atoms with Gasteiger partial charge in [0.05, 0.1) is 12.4 Å². The topological polar surface area (TPSA) is 58.6 Å². The van der Waals surface area contributed by atoms with Gasteiger partial charge in [0, 0.05) is 26.7 Å². The van der Waals surface area contributed by atoms with E-state index < -0.39 is 10.0 Å². The van der Waals surface area contributed by atoms with Gasteiger partial charge >= 0.3 is 0 Å². The highest BCUT2D eigenvalue weighted by Gasteiger charge is 2.22. The minimum Gasteiger partial charge on any atom is -0.381 e. The third-order valence-electron chi connectivity index (χ3n) is 3.21.